The first-order valence-corrected chi connectivity index (χ1v) is 15.0. The van der Waals surface area contributed by atoms with Gasteiger partial charge in [0.05, 0.1) is 19.3 Å². The number of fused-ring (bicyclic) bond motifs is 1. The van der Waals surface area contributed by atoms with Crippen LogP contribution in [0.4, 0.5) is 0 Å². The van der Waals surface area contributed by atoms with Crippen molar-refractivity contribution < 1.29 is 37.7 Å². The number of hydrogen-bond acceptors (Lipinski definition) is 12. The predicted molar refractivity (Wildman–Crippen MR) is 166 cm³/mol. The molecule has 1 fully saturated rings. The fourth-order valence-corrected chi connectivity index (χ4v) is 6.18. The SMILES string of the molecule is C#C[C@]1(COC(=O)CC(C)(C)c2c(C)cc(C)cc2OC(C)=O)O[C@@H](n2cnc3c(=N)n(Cc4oc(=O)oc4C)c(Cl)nc32)C[C@@H]1O. The molecule has 0 radical (unpaired) electrons. The van der Waals surface area contributed by atoms with Gasteiger partial charge in [-0.25, -0.2) is 9.78 Å². The van der Waals surface area contributed by atoms with Crippen LogP contribution in [-0.4, -0.2) is 54.5 Å². The van der Waals surface area contributed by atoms with Crippen LogP contribution in [-0.2, 0) is 31.0 Å². The summed E-state index contributed by atoms with van der Waals surface area (Å²) in [4.78, 5) is 45.1. The Morgan fingerprint density at radius 3 is 2.64 bits per heavy atom. The van der Waals surface area contributed by atoms with Crippen molar-refractivity contribution in [3.05, 3.63) is 68.1 Å². The molecular formula is C32H34ClN5O9. The van der Waals surface area contributed by atoms with Gasteiger partial charge in [0.25, 0.3) is 0 Å². The summed E-state index contributed by atoms with van der Waals surface area (Å²) in [6, 6.07) is 3.69. The lowest BCUT2D eigenvalue weighted by Crippen LogP contribution is -2.43. The third-order valence-corrected chi connectivity index (χ3v) is 8.38. The largest absolute Gasteiger partial charge is 0.519 e. The number of hydrogen-bond donors (Lipinski definition) is 2. The van der Waals surface area contributed by atoms with Crippen molar-refractivity contribution in [3.63, 3.8) is 0 Å². The fourth-order valence-electron chi connectivity index (χ4n) is 5.96. The Hall–Kier alpha value is -4.71. The van der Waals surface area contributed by atoms with Gasteiger partial charge in [-0.15, -0.1) is 6.42 Å². The molecule has 3 aromatic heterocycles. The van der Waals surface area contributed by atoms with Crippen molar-refractivity contribution >= 4 is 34.7 Å². The number of aliphatic hydroxyl groups excluding tert-OH is 1. The number of terminal acetylenes is 1. The van der Waals surface area contributed by atoms with E-state index in [4.69, 9.17) is 46.5 Å². The highest BCUT2D eigenvalue weighted by Gasteiger charge is 2.49. The van der Waals surface area contributed by atoms with Crippen molar-refractivity contribution in [2.75, 3.05) is 6.61 Å². The van der Waals surface area contributed by atoms with E-state index in [1.807, 2.05) is 33.8 Å². The van der Waals surface area contributed by atoms with Gasteiger partial charge >= 0.3 is 17.8 Å². The molecule has 14 nitrogen and oxygen atoms in total. The van der Waals surface area contributed by atoms with Gasteiger partial charge < -0.3 is 28.2 Å². The van der Waals surface area contributed by atoms with Crippen LogP contribution in [0.25, 0.3) is 11.2 Å². The molecule has 1 aliphatic rings. The number of imidazole rings is 1. The molecule has 2 N–H and O–H groups in total. The molecule has 1 saturated heterocycles. The Labute approximate surface area is 273 Å². The molecule has 5 rings (SSSR count). The first-order chi connectivity index (χ1) is 22.0. The van der Waals surface area contributed by atoms with Gasteiger partial charge in [0, 0.05) is 24.3 Å². The second kappa shape index (κ2) is 12.5. The number of aromatic nitrogens is 4. The van der Waals surface area contributed by atoms with Crippen molar-refractivity contribution in [2.24, 2.45) is 0 Å². The Morgan fingerprint density at radius 2 is 2.00 bits per heavy atom. The number of esters is 2. The number of aryl methyl sites for hydroxylation is 3. The van der Waals surface area contributed by atoms with Crippen LogP contribution in [0.2, 0.25) is 5.28 Å². The number of nitrogens with zero attached hydrogens (tertiary/aromatic N) is 4. The first kappa shape index (κ1) is 33.6. The maximum atomic E-state index is 13.2. The number of carbonyl (C=O) groups excluding carboxylic acids is 2. The standard InChI is InChI=1S/C32H34ClN5O9/c1-8-32(14-43-24(41)12-31(6,7)25-17(3)9-16(2)10-20(25)45-19(5)39)22(40)11-23(47-32)38-15-35-26-27(34)37(29(33)36-28(26)38)13-21-18(4)44-30(42)46-21/h1,9-10,15,22-23,34,40H,11-14H2,2-7H3/t22-,23+,32+/m0/s1. The smallest absolute Gasteiger partial charge is 0.461 e. The van der Waals surface area contributed by atoms with E-state index in [1.165, 1.54) is 22.4 Å². The molecule has 0 saturated carbocycles. The number of ether oxygens (including phenoxy) is 3. The zero-order valence-corrected chi connectivity index (χ0v) is 27.4. The fraction of sp³-hybridized carbons (Fsp3) is 0.438. The summed E-state index contributed by atoms with van der Waals surface area (Å²) in [5, 5.41) is 19.6. The maximum absolute atomic E-state index is 13.2. The molecular weight excluding hydrogens is 634 g/mol. The van der Waals surface area contributed by atoms with Crippen LogP contribution >= 0.6 is 11.6 Å². The van der Waals surface area contributed by atoms with Crippen LogP contribution in [0.1, 0.15) is 68.1 Å². The highest BCUT2D eigenvalue weighted by molar-refractivity contribution is 6.28. The van der Waals surface area contributed by atoms with Crippen LogP contribution in [0, 0.1) is 38.5 Å². The molecule has 0 unspecified atom stereocenters. The Kier molecular flexibility index (Phi) is 8.93. The average molecular weight is 668 g/mol. The first-order valence-electron chi connectivity index (χ1n) is 14.6. The molecule has 0 amide bonds. The van der Waals surface area contributed by atoms with Crippen LogP contribution in [0.5, 0.6) is 5.75 Å². The van der Waals surface area contributed by atoms with Crippen molar-refractivity contribution in [2.45, 2.75) is 84.3 Å². The zero-order valence-electron chi connectivity index (χ0n) is 26.7. The number of nitrogens with one attached hydrogen (secondary N) is 1. The molecule has 4 heterocycles. The summed E-state index contributed by atoms with van der Waals surface area (Å²) < 4.78 is 29.9. The molecule has 47 heavy (non-hydrogen) atoms. The number of rotatable bonds is 9. The van der Waals surface area contributed by atoms with Gasteiger partial charge in [0.1, 0.15) is 30.4 Å². The predicted octanol–water partition coefficient (Wildman–Crippen LogP) is 3.37. The highest BCUT2D eigenvalue weighted by Crippen LogP contribution is 2.40. The number of carbonyl (C=O) groups is 2. The normalized spacial score (nSPS) is 19.6. The second-order valence-electron chi connectivity index (χ2n) is 12.2. The maximum Gasteiger partial charge on any atom is 0.519 e. The van der Waals surface area contributed by atoms with E-state index in [-0.39, 0.29) is 52.8 Å². The molecule has 3 atom stereocenters. The van der Waals surface area contributed by atoms with Crippen molar-refractivity contribution in [3.8, 4) is 18.1 Å². The van der Waals surface area contributed by atoms with Gasteiger partial charge in [0.15, 0.2) is 28.0 Å². The van der Waals surface area contributed by atoms with Gasteiger partial charge in [-0.2, -0.15) is 4.98 Å². The van der Waals surface area contributed by atoms with Crippen LogP contribution < -0.4 is 16.0 Å². The van der Waals surface area contributed by atoms with Gasteiger partial charge in [-0.3, -0.25) is 24.1 Å². The summed E-state index contributed by atoms with van der Waals surface area (Å²) in [5.41, 5.74) is 0.167. The summed E-state index contributed by atoms with van der Waals surface area (Å²) in [5.74, 6) is 1.28. The van der Waals surface area contributed by atoms with E-state index in [9.17, 15) is 19.5 Å². The Morgan fingerprint density at radius 1 is 1.28 bits per heavy atom. The molecule has 0 spiro atoms. The van der Waals surface area contributed by atoms with Gasteiger partial charge in [-0.05, 0) is 49.6 Å². The van der Waals surface area contributed by atoms with Crippen molar-refractivity contribution in [1.29, 1.82) is 5.41 Å². The second-order valence-corrected chi connectivity index (χ2v) is 12.5. The molecule has 0 aliphatic carbocycles. The summed E-state index contributed by atoms with van der Waals surface area (Å²) >= 11 is 6.43. The minimum atomic E-state index is -1.69. The number of aliphatic hydroxyl groups is 1. The van der Waals surface area contributed by atoms with Crippen LogP contribution in [0.15, 0.2) is 32.1 Å². The molecule has 0 bridgehead atoms. The number of halogens is 1. The Balaban J connectivity index is 1.33. The third-order valence-electron chi connectivity index (χ3n) is 8.09. The minimum absolute atomic E-state index is 0.00604. The molecule has 4 aromatic rings. The van der Waals surface area contributed by atoms with Crippen molar-refractivity contribution in [1.82, 2.24) is 19.1 Å². The van der Waals surface area contributed by atoms with Crippen LogP contribution in [0.3, 0.4) is 0 Å². The van der Waals surface area contributed by atoms with Gasteiger partial charge in [0.2, 0.25) is 5.28 Å². The summed E-state index contributed by atoms with van der Waals surface area (Å²) in [6.07, 6.45) is 4.99. The van der Waals surface area contributed by atoms with Gasteiger partial charge in [-0.1, -0.05) is 25.8 Å². The van der Waals surface area contributed by atoms with E-state index in [2.05, 4.69) is 15.9 Å². The molecule has 1 aliphatic heterocycles. The van der Waals surface area contributed by atoms with E-state index in [1.54, 1.807) is 13.0 Å². The lowest BCUT2D eigenvalue weighted by atomic mass is 9.78. The minimum Gasteiger partial charge on any atom is -0.461 e. The topological polar surface area (TPSA) is 185 Å². The lowest BCUT2D eigenvalue weighted by molar-refractivity contribution is -0.157. The molecule has 248 valence electrons. The quantitative estimate of drug-likeness (QED) is 0.115. The van der Waals surface area contributed by atoms with E-state index in [0.29, 0.717) is 11.3 Å². The summed E-state index contributed by atoms with van der Waals surface area (Å²) in [7, 11) is 0. The Bertz CT molecular complexity index is 2050. The zero-order chi connectivity index (χ0) is 34.4. The summed E-state index contributed by atoms with van der Waals surface area (Å²) in [6.45, 7) is 9.76. The average Bonchev–Trinajstić information content (AvgIpc) is 3.62. The monoisotopic (exact) mass is 667 g/mol. The van der Waals surface area contributed by atoms with E-state index < -0.39 is 47.7 Å². The number of benzene rings is 1. The third kappa shape index (κ3) is 6.47. The highest BCUT2D eigenvalue weighted by atomic mass is 35.5. The molecule has 15 heteroatoms. The lowest BCUT2D eigenvalue weighted by Gasteiger charge is -2.30. The van der Waals surface area contributed by atoms with E-state index in [0.717, 1.165) is 11.1 Å². The molecule has 1 aromatic carbocycles. The van der Waals surface area contributed by atoms with E-state index >= 15 is 0 Å².